The minimum Gasteiger partial charge on any atom is -0.392 e. The molecule has 2 aliphatic heterocycles. The zero-order valence-electron chi connectivity index (χ0n) is 20.0. The number of β-amino-alcohol motifs (C(OH)–C–C–N with tert-alkyl or cyclic N) is 1. The third kappa shape index (κ3) is 5.98. The standard InChI is InChI=1S/C28H31N3O5/c32-18-19-3-5-20(6-4-19)26-14-25(17-31-13-11-24(33)16-31)35-28(36-26)21-7-9-23(10-8-21)30-27(34)22-2-1-12-29-15-22/h1-10,12,15,24-26,28,32-33H,11,13-14,16-18H2,(H,30,34)/t24-,25+,26-,28-/m0/s1. The van der Waals surface area contributed by atoms with Gasteiger partial charge in [-0.1, -0.05) is 36.4 Å². The van der Waals surface area contributed by atoms with Crippen molar-refractivity contribution in [1.82, 2.24) is 9.88 Å². The van der Waals surface area contributed by atoms with Gasteiger partial charge in [0.15, 0.2) is 6.29 Å². The van der Waals surface area contributed by atoms with Gasteiger partial charge in [0.25, 0.3) is 5.91 Å². The van der Waals surface area contributed by atoms with Crippen LogP contribution in [0.1, 0.15) is 52.3 Å². The maximum atomic E-state index is 12.4. The molecule has 3 heterocycles. The number of carbonyl (C=O) groups is 1. The molecule has 0 radical (unpaired) electrons. The number of amides is 1. The number of nitrogens with zero attached hydrogens (tertiary/aromatic N) is 2. The Morgan fingerprint density at radius 1 is 1.06 bits per heavy atom. The van der Waals surface area contributed by atoms with E-state index in [1.165, 1.54) is 6.20 Å². The number of aliphatic hydroxyl groups excluding tert-OH is 2. The second-order valence-corrected chi connectivity index (χ2v) is 9.37. The Labute approximate surface area is 210 Å². The van der Waals surface area contributed by atoms with E-state index in [9.17, 15) is 15.0 Å². The Kier molecular flexibility index (Phi) is 7.69. The second kappa shape index (κ2) is 11.3. The molecule has 3 N–H and O–H groups in total. The van der Waals surface area contributed by atoms with Crippen molar-refractivity contribution in [2.75, 3.05) is 25.0 Å². The number of hydrogen-bond donors (Lipinski definition) is 3. The molecule has 36 heavy (non-hydrogen) atoms. The molecule has 0 saturated carbocycles. The number of ether oxygens (including phenoxy) is 2. The maximum absolute atomic E-state index is 12.4. The Bertz CT molecular complexity index is 1140. The molecule has 3 aromatic rings. The van der Waals surface area contributed by atoms with Crippen molar-refractivity contribution in [1.29, 1.82) is 0 Å². The van der Waals surface area contributed by atoms with Gasteiger partial charge >= 0.3 is 0 Å². The van der Waals surface area contributed by atoms with Crippen LogP contribution in [0.15, 0.2) is 73.1 Å². The number of aromatic nitrogens is 1. The molecule has 1 amide bonds. The summed E-state index contributed by atoms with van der Waals surface area (Å²) >= 11 is 0. The summed E-state index contributed by atoms with van der Waals surface area (Å²) in [5.74, 6) is -0.222. The first-order valence-electron chi connectivity index (χ1n) is 12.3. The first-order chi connectivity index (χ1) is 17.6. The van der Waals surface area contributed by atoms with Crippen molar-refractivity contribution in [2.24, 2.45) is 0 Å². The number of pyridine rings is 1. The number of carbonyl (C=O) groups excluding carboxylic acids is 1. The van der Waals surface area contributed by atoms with Crippen LogP contribution in [0.4, 0.5) is 5.69 Å². The van der Waals surface area contributed by atoms with Gasteiger partial charge in [0.1, 0.15) is 0 Å². The molecule has 0 aliphatic carbocycles. The zero-order valence-corrected chi connectivity index (χ0v) is 20.0. The maximum Gasteiger partial charge on any atom is 0.257 e. The van der Waals surface area contributed by atoms with Crippen LogP contribution in [0, 0.1) is 0 Å². The molecule has 5 rings (SSSR count). The summed E-state index contributed by atoms with van der Waals surface area (Å²) in [7, 11) is 0. The summed E-state index contributed by atoms with van der Waals surface area (Å²) in [5.41, 5.74) is 3.91. The van der Waals surface area contributed by atoms with E-state index < -0.39 is 6.29 Å². The molecule has 188 valence electrons. The minimum atomic E-state index is -0.568. The number of rotatable bonds is 7. The highest BCUT2D eigenvalue weighted by Crippen LogP contribution is 2.38. The fraction of sp³-hybridized carbons (Fsp3) is 0.357. The highest BCUT2D eigenvalue weighted by atomic mass is 16.7. The summed E-state index contributed by atoms with van der Waals surface area (Å²) in [6.07, 6.45) is 3.55. The minimum absolute atomic E-state index is 0.00111. The largest absolute Gasteiger partial charge is 0.392 e. The normalized spacial score (nSPS) is 24.5. The van der Waals surface area contributed by atoms with Crippen molar-refractivity contribution in [3.8, 4) is 0 Å². The van der Waals surface area contributed by atoms with Crippen molar-refractivity contribution < 1.29 is 24.5 Å². The summed E-state index contributed by atoms with van der Waals surface area (Å²) in [4.78, 5) is 18.7. The first-order valence-corrected chi connectivity index (χ1v) is 12.3. The van der Waals surface area contributed by atoms with Gasteiger partial charge in [0, 0.05) is 49.7 Å². The lowest BCUT2D eigenvalue weighted by Crippen LogP contribution is -2.38. The molecule has 8 nitrogen and oxygen atoms in total. The zero-order chi connectivity index (χ0) is 24.9. The van der Waals surface area contributed by atoms with E-state index in [-0.39, 0.29) is 30.8 Å². The van der Waals surface area contributed by atoms with Crippen LogP contribution in [0.25, 0.3) is 0 Å². The number of benzene rings is 2. The molecular formula is C28H31N3O5. The Morgan fingerprint density at radius 2 is 1.83 bits per heavy atom. The molecular weight excluding hydrogens is 458 g/mol. The van der Waals surface area contributed by atoms with Crippen molar-refractivity contribution in [3.05, 3.63) is 95.3 Å². The topological polar surface area (TPSA) is 104 Å². The van der Waals surface area contributed by atoms with Gasteiger partial charge < -0.3 is 25.0 Å². The monoisotopic (exact) mass is 489 g/mol. The van der Waals surface area contributed by atoms with E-state index in [0.29, 0.717) is 24.2 Å². The average molecular weight is 490 g/mol. The van der Waals surface area contributed by atoms with Crippen LogP contribution in [-0.2, 0) is 16.1 Å². The number of anilines is 1. The van der Waals surface area contributed by atoms with Crippen LogP contribution >= 0.6 is 0 Å². The smallest absolute Gasteiger partial charge is 0.257 e. The predicted octanol–water partition coefficient (Wildman–Crippen LogP) is 3.44. The van der Waals surface area contributed by atoms with E-state index in [4.69, 9.17) is 9.47 Å². The SMILES string of the molecule is O=C(Nc1ccc([C@H]2O[C@@H](CN3CC[C@H](O)C3)C[C@@H](c3ccc(CO)cc3)O2)cc1)c1cccnc1. The third-order valence-corrected chi connectivity index (χ3v) is 6.69. The van der Waals surface area contributed by atoms with Crippen LogP contribution in [-0.4, -0.2) is 57.8 Å². The molecule has 8 heteroatoms. The lowest BCUT2D eigenvalue weighted by Gasteiger charge is -2.37. The summed E-state index contributed by atoms with van der Waals surface area (Å²) in [5, 5.41) is 22.2. The van der Waals surface area contributed by atoms with E-state index in [1.54, 1.807) is 18.3 Å². The third-order valence-electron chi connectivity index (χ3n) is 6.69. The molecule has 2 aliphatic rings. The van der Waals surface area contributed by atoms with Crippen molar-refractivity contribution in [2.45, 2.75) is 44.1 Å². The molecule has 2 fully saturated rings. The van der Waals surface area contributed by atoms with Crippen LogP contribution in [0.2, 0.25) is 0 Å². The van der Waals surface area contributed by atoms with Gasteiger partial charge in [-0.25, -0.2) is 0 Å². The predicted molar refractivity (Wildman–Crippen MR) is 134 cm³/mol. The molecule has 0 bridgehead atoms. The number of aliphatic hydroxyl groups is 2. The van der Waals surface area contributed by atoms with E-state index in [0.717, 1.165) is 36.2 Å². The molecule has 1 aromatic heterocycles. The van der Waals surface area contributed by atoms with Crippen LogP contribution in [0.3, 0.4) is 0 Å². The highest BCUT2D eigenvalue weighted by Gasteiger charge is 2.34. The number of hydrogen-bond acceptors (Lipinski definition) is 7. The molecule has 4 atom stereocenters. The fourth-order valence-corrected chi connectivity index (χ4v) is 4.72. The molecule has 2 aromatic carbocycles. The summed E-state index contributed by atoms with van der Waals surface area (Å²) in [6, 6.07) is 18.7. The Balaban J connectivity index is 1.31. The fourth-order valence-electron chi connectivity index (χ4n) is 4.72. The first kappa shape index (κ1) is 24.5. The van der Waals surface area contributed by atoms with Gasteiger partial charge in [-0.05, 0) is 41.8 Å². The van der Waals surface area contributed by atoms with E-state index >= 15 is 0 Å². The summed E-state index contributed by atoms with van der Waals surface area (Å²) < 4.78 is 12.8. The quantitative estimate of drug-likeness (QED) is 0.467. The van der Waals surface area contributed by atoms with Gasteiger partial charge in [-0.2, -0.15) is 0 Å². The van der Waals surface area contributed by atoms with E-state index in [2.05, 4.69) is 15.2 Å². The number of nitrogens with one attached hydrogen (secondary N) is 1. The average Bonchev–Trinajstić information content (AvgIpc) is 3.33. The second-order valence-electron chi connectivity index (χ2n) is 9.37. The van der Waals surface area contributed by atoms with Gasteiger partial charge in [0.05, 0.1) is 30.5 Å². The summed E-state index contributed by atoms with van der Waals surface area (Å²) in [6.45, 7) is 2.24. The number of likely N-dealkylation sites (tertiary alicyclic amines) is 1. The van der Waals surface area contributed by atoms with Crippen LogP contribution < -0.4 is 5.32 Å². The van der Waals surface area contributed by atoms with Crippen LogP contribution in [0.5, 0.6) is 0 Å². The molecule has 2 saturated heterocycles. The Morgan fingerprint density at radius 3 is 2.50 bits per heavy atom. The van der Waals surface area contributed by atoms with Crippen molar-refractivity contribution in [3.63, 3.8) is 0 Å². The lowest BCUT2D eigenvalue weighted by atomic mass is 9.99. The van der Waals surface area contributed by atoms with Gasteiger partial charge in [0.2, 0.25) is 0 Å². The molecule has 0 unspecified atom stereocenters. The molecule has 0 spiro atoms. The van der Waals surface area contributed by atoms with E-state index in [1.807, 2.05) is 48.5 Å². The Hall–Kier alpha value is -3.14. The van der Waals surface area contributed by atoms with Gasteiger partial charge in [-0.3, -0.25) is 14.7 Å². The van der Waals surface area contributed by atoms with Crippen molar-refractivity contribution >= 4 is 11.6 Å². The highest BCUT2D eigenvalue weighted by molar-refractivity contribution is 6.03. The van der Waals surface area contributed by atoms with Gasteiger partial charge in [-0.15, -0.1) is 0 Å². The lowest BCUT2D eigenvalue weighted by molar-refractivity contribution is -0.252.